The molecule has 0 atom stereocenters. The normalized spacial score (nSPS) is 11.3. The van der Waals surface area contributed by atoms with Gasteiger partial charge in [0.2, 0.25) is 0 Å². The first-order chi connectivity index (χ1) is 11.5. The lowest BCUT2D eigenvalue weighted by molar-refractivity contribution is 0.103. The summed E-state index contributed by atoms with van der Waals surface area (Å²) in [6.45, 7) is 1.94. The average Bonchev–Trinajstić information content (AvgIpc) is 3.13. The van der Waals surface area contributed by atoms with Crippen LogP contribution in [-0.2, 0) is 7.05 Å². The van der Waals surface area contributed by atoms with Crippen LogP contribution in [0.5, 0.6) is 0 Å². The summed E-state index contributed by atoms with van der Waals surface area (Å²) in [4.78, 5) is 18.6. The quantitative estimate of drug-likeness (QED) is 0.579. The van der Waals surface area contributed by atoms with E-state index in [9.17, 15) is 4.79 Å². The molecule has 0 spiro atoms. The highest BCUT2D eigenvalue weighted by molar-refractivity contribution is 7.20. The van der Waals surface area contributed by atoms with E-state index < -0.39 is 0 Å². The molecule has 3 aromatic heterocycles. The first kappa shape index (κ1) is 15.1. The number of halogens is 1. The van der Waals surface area contributed by atoms with E-state index >= 15 is 0 Å². The monoisotopic (exact) mass is 356 g/mol. The fourth-order valence-electron chi connectivity index (χ4n) is 2.74. The Balaban J connectivity index is 1.73. The number of benzene rings is 1. The molecule has 0 bridgehead atoms. The van der Waals surface area contributed by atoms with Gasteiger partial charge in [-0.15, -0.1) is 11.3 Å². The van der Waals surface area contributed by atoms with Crippen LogP contribution in [0, 0.1) is 6.92 Å². The number of fused-ring (bicyclic) bond motifs is 2. The molecule has 1 amide bonds. The molecule has 24 heavy (non-hydrogen) atoms. The van der Waals surface area contributed by atoms with Crippen LogP contribution in [0.2, 0.25) is 5.02 Å². The Hall–Kier alpha value is -2.44. The Kier molecular flexibility index (Phi) is 3.51. The van der Waals surface area contributed by atoms with E-state index in [1.807, 2.05) is 32.2 Å². The number of amides is 1. The van der Waals surface area contributed by atoms with Crippen molar-refractivity contribution in [2.24, 2.45) is 7.05 Å². The van der Waals surface area contributed by atoms with Crippen molar-refractivity contribution in [1.82, 2.24) is 14.8 Å². The Bertz CT molecular complexity index is 1060. The second-order valence-corrected chi connectivity index (χ2v) is 6.92. The molecule has 4 aromatic rings. The van der Waals surface area contributed by atoms with Gasteiger partial charge in [0, 0.05) is 24.0 Å². The lowest BCUT2D eigenvalue weighted by atomic mass is 10.2. The van der Waals surface area contributed by atoms with Gasteiger partial charge in [0.05, 0.1) is 26.8 Å². The van der Waals surface area contributed by atoms with Crippen LogP contribution in [0.4, 0.5) is 5.69 Å². The second kappa shape index (κ2) is 5.58. The molecule has 0 saturated carbocycles. The van der Waals surface area contributed by atoms with E-state index in [2.05, 4.69) is 15.4 Å². The lowest BCUT2D eigenvalue weighted by Crippen LogP contribution is -2.10. The SMILES string of the molecule is Cc1nn(C)c2sc(C(=O)Nc3ccc(Cl)c4cccnc34)cc12. The fraction of sp³-hybridized carbons (Fsp3) is 0.118. The molecule has 0 unspecified atom stereocenters. The van der Waals surface area contributed by atoms with E-state index in [1.165, 1.54) is 11.3 Å². The van der Waals surface area contributed by atoms with Gasteiger partial charge < -0.3 is 5.32 Å². The summed E-state index contributed by atoms with van der Waals surface area (Å²) in [5.41, 5.74) is 2.24. The van der Waals surface area contributed by atoms with Crippen molar-refractivity contribution in [3.8, 4) is 0 Å². The molecule has 0 saturated heterocycles. The summed E-state index contributed by atoms with van der Waals surface area (Å²) in [6.07, 6.45) is 1.68. The number of thiophene rings is 1. The van der Waals surface area contributed by atoms with Crippen LogP contribution in [0.15, 0.2) is 36.5 Å². The largest absolute Gasteiger partial charge is 0.319 e. The summed E-state index contributed by atoms with van der Waals surface area (Å²) in [7, 11) is 1.88. The molecule has 0 fully saturated rings. The van der Waals surface area contributed by atoms with Crippen LogP contribution in [0.25, 0.3) is 21.1 Å². The van der Waals surface area contributed by atoms with E-state index in [0.29, 0.717) is 21.1 Å². The number of aryl methyl sites for hydroxylation is 2. The minimum atomic E-state index is -0.162. The van der Waals surface area contributed by atoms with Crippen LogP contribution >= 0.6 is 22.9 Å². The van der Waals surface area contributed by atoms with E-state index in [1.54, 1.807) is 23.0 Å². The number of hydrogen-bond acceptors (Lipinski definition) is 4. The van der Waals surface area contributed by atoms with Crippen molar-refractivity contribution >= 4 is 55.7 Å². The van der Waals surface area contributed by atoms with Crippen molar-refractivity contribution in [2.75, 3.05) is 5.32 Å². The maximum Gasteiger partial charge on any atom is 0.265 e. The van der Waals surface area contributed by atoms with Gasteiger partial charge >= 0.3 is 0 Å². The van der Waals surface area contributed by atoms with Crippen molar-refractivity contribution in [3.05, 3.63) is 52.1 Å². The molecule has 0 aliphatic rings. The first-order valence-electron chi connectivity index (χ1n) is 7.32. The minimum absolute atomic E-state index is 0.162. The molecule has 120 valence electrons. The summed E-state index contributed by atoms with van der Waals surface area (Å²) < 4.78 is 1.80. The molecule has 0 aliphatic carbocycles. The van der Waals surface area contributed by atoms with Crippen LogP contribution in [0.3, 0.4) is 0 Å². The predicted molar refractivity (Wildman–Crippen MR) is 98.0 cm³/mol. The first-order valence-corrected chi connectivity index (χ1v) is 8.52. The summed E-state index contributed by atoms with van der Waals surface area (Å²) in [5, 5.41) is 9.73. The Morgan fingerprint density at radius 1 is 1.29 bits per heavy atom. The van der Waals surface area contributed by atoms with Crippen molar-refractivity contribution in [1.29, 1.82) is 0 Å². The molecule has 7 heteroatoms. The Morgan fingerprint density at radius 3 is 2.92 bits per heavy atom. The van der Waals surface area contributed by atoms with Crippen LogP contribution < -0.4 is 5.32 Å². The smallest absolute Gasteiger partial charge is 0.265 e. The highest BCUT2D eigenvalue weighted by Gasteiger charge is 2.16. The number of carbonyl (C=O) groups is 1. The fourth-order valence-corrected chi connectivity index (χ4v) is 3.97. The van der Waals surface area contributed by atoms with Gasteiger partial charge in [0.25, 0.3) is 5.91 Å². The third-order valence-electron chi connectivity index (χ3n) is 3.88. The maximum atomic E-state index is 12.6. The van der Waals surface area contributed by atoms with Gasteiger partial charge in [-0.2, -0.15) is 5.10 Å². The predicted octanol–water partition coefficient (Wildman–Crippen LogP) is 4.40. The van der Waals surface area contributed by atoms with E-state index in [0.717, 1.165) is 21.3 Å². The van der Waals surface area contributed by atoms with E-state index in [4.69, 9.17) is 11.6 Å². The van der Waals surface area contributed by atoms with Crippen molar-refractivity contribution < 1.29 is 4.79 Å². The molecule has 5 nitrogen and oxygen atoms in total. The summed E-state index contributed by atoms with van der Waals surface area (Å²) in [5.74, 6) is -0.162. The topological polar surface area (TPSA) is 59.8 Å². The van der Waals surface area contributed by atoms with Gasteiger partial charge in [-0.05, 0) is 37.3 Å². The van der Waals surface area contributed by atoms with Gasteiger partial charge in [-0.3, -0.25) is 14.5 Å². The Labute approximate surface area is 146 Å². The molecule has 1 N–H and O–H groups in total. The zero-order valence-electron chi connectivity index (χ0n) is 13.0. The van der Waals surface area contributed by atoms with Crippen LogP contribution in [0.1, 0.15) is 15.4 Å². The zero-order chi connectivity index (χ0) is 16.8. The molecule has 0 aliphatic heterocycles. The number of nitrogens with zero attached hydrogens (tertiary/aromatic N) is 3. The number of nitrogens with one attached hydrogen (secondary N) is 1. The van der Waals surface area contributed by atoms with Gasteiger partial charge in [-0.1, -0.05) is 11.6 Å². The minimum Gasteiger partial charge on any atom is -0.319 e. The number of aromatic nitrogens is 3. The molecular weight excluding hydrogens is 344 g/mol. The van der Waals surface area contributed by atoms with Crippen molar-refractivity contribution in [3.63, 3.8) is 0 Å². The number of anilines is 1. The molecule has 3 heterocycles. The summed E-state index contributed by atoms with van der Waals surface area (Å²) in [6, 6.07) is 9.12. The standard InChI is InChI=1S/C17H13ClN4OS/c1-9-11-8-14(24-17(11)22(2)21-9)16(23)20-13-6-5-12(18)10-4-3-7-19-15(10)13/h3-8H,1-2H3,(H,20,23). The number of rotatable bonds is 2. The highest BCUT2D eigenvalue weighted by Crippen LogP contribution is 2.31. The molecule has 0 radical (unpaired) electrons. The second-order valence-electron chi connectivity index (χ2n) is 5.49. The molecular formula is C17H13ClN4OS. The molecule has 1 aromatic carbocycles. The third kappa shape index (κ3) is 2.35. The average molecular weight is 357 g/mol. The third-order valence-corrected chi connectivity index (χ3v) is 5.41. The highest BCUT2D eigenvalue weighted by atomic mass is 35.5. The van der Waals surface area contributed by atoms with Gasteiger partial charge in [0.1, 0.15) is 4.83 Å². The van der Waals surface area contributed by atoms with Crippen molar-refractivity contribution in [2.45, 2.75) is 6.92 Å². The summed E-state index contributed by atoms with van der Waals surface area (Å²) >= 11 is 7.62. The van der Waals surface area contributed by atoms with E-state index in [-0.39, 0.29) is 5.91 Å². The number of carbonyl (C=O) groups excluding carboxylic acids is 1. The zero-order valence-corrected chi connectivity index (χ0v) is 14.6. The van der Waals surface area contributed by atoms with Gasteiger partial charge in [0.15, 0.2) is 0 Å². The number of pyridine rings is 1. The lowest BCUT2D eigenvalue weighted by Gasteiger charge is -2.08. The van der Waals surface area contributed by atoms with Gasteiger partial charge in [-0.25, -0.2) is 0 Å². The molecule has 4 rings (SSSR count). The maximum absolute atomic E-state index is 12.6. The number of hydrogen-bond donors (Lipinski definition) is 1. The Morgan fingerprint density at radius 2 is 2.12 bits per heavy atom. The van der Waals surface area contributed by atoms with Crippen LogP contribution in [-0.4, -0.2) is 20.7 Å².